The SMILES string of the molecule is Oc1cccnc1CN1CCCC(c2nnc3n2CCC3)C1. The lowest BCUT2D eigenvalue weighted by Gasteiger charge is -2.32. The molecule has 0 saturated carbocycles. The molecule has 116 valence electrons. The van der Waals surface area contributed by atoms with Crippen molar-refractivity contribution in [3.8, 4) is 5.75 Å². The number of nitrogens with zero attached hydrogens (tertiary/aromatic N) is 5. The van der Waals surface area contributed by atoms with E-state index in [0.29, 0.717) is 12.5 Å². The third-order valence-electron chi connectivity index (χ3n) is 4.75. The minimum Gasteiger partial charge on any atom is -0.506 e. The number of hydrogen-bond donors (Lipinski definition) is 1. The molecule has 22 heavy (non-hydrogen) atoms. The van der Waals surface area contributed by atoms with Gasteiger partial charge in [0.2, 0.25) is 0 Å². The Balaban J connectivity index is 1.49. The molecular weight excluding hydrogens is 278 g/mol. The van der Waals surface area contributed by atoms with Gasteiger partial charge in [-0.1, -0.05) is 0 Å². The molecular formula is C16H21N5O. The number of likely N-dealkylation sites (tertiary alicyclic amines) is 1. The predicted molar refractivity (Wildman–Crippen MR) is 81.5 cm³/mol. The minimum atomic E-state index is 0.285. The van der Waals surface area contributed by atoms with Crippen LogP contribution in [0, 0.1) is 0 Å². The molecule has 0 amide bonds. The molecule has 6 heteroatoms. The average Bonchev–Trinajstić information content (AvgIpc) is 3.13. The molecule has 2 aromatic rings. The van der Waals surface area contributed by atoms with Gasteiger partial charge in [-0.15, -0.1) is 10.2 Å². The first-order chi connectivity index (χ1) is 10.8. The van der Waals surface area contributed by atoms with Crippen molar-refractivity contribution in [2.45, 2.75) is 44.7 Å². The van der Waals surface area contributed by atoms with Gasteiger partial charge in [0, 0.05) is 38.2 Å². The van der Waals surface area contributed by atoms with E-state index in [1.165, 1.54) is 12.8 Å². The molecule has 4 rings (SSSR count). The Hall–Kier alpha value is -1.95. The fourth-order valence-corrected chi connectivity index (χ4v) is 3.65. The van der Waals surface area contributed by atoms with Gasteiger partial charge in [-0.25, -0.2) is 0 Å². The molecule has 0 bridgehead atoms. The zero-order valence-corrected chi connectivity index (χ0v) is 12.6. The molecule has 0 spiro atoms. The van der Waals surface area contributed by atoms with Crippen molar-refractivity contribution < 1.29 is 5.11 Å². The van der Waals surface area contributed by atoms with E-state index in [2.05, 4.69) is 24.6 Å². The zero-order valence-electron chi connectivity index (χ0n) is 12.6. The number of piperidine rings is 1. The molecule has 1 saturated heterocycles. The minimum absolute atomic E-state index is 0.285. The maximum Gasteiger partial charge on any atom is 0.138 e. The summed E-state index contributed by atoms with van der Waals surface area (Å²) in [5, 5.41) is 18.7. The van der Waals surface area contributed by atoms with Crippen LogP contribution in [0.2, 0.25) is 0 Å². The maximum atomic E-state index is 9.90. The van der Waals surface area contributed by atoms with Crippen LogP contribution < -0.4 is 0 Å². The number of fused-ring (bicyclic) bond motifs is 1. The van der Waals surface area contributed by atoms with Crippen LogP contribution in [-0.2, 0) is 19.5 Å². The summed E-state index contributed by atoms with van der Waals surface area (Å²) >= 11 is 0. The highest BCUT2D eigenvalue weighted by atomic mass is 16.3. The lowest BCUT2D eigenvalue weighted by atomic mass is 9.97. The second-order valence-electron chi connectivity index (χ2n) is 6.27. The van der Waals surface area contributed by atoms with Crippen molar-refractivity contribution >= 4 is 0 Å². The van der Waals surface area contributed by atoms with Crippen LogP contribution in [0.3, 0.4) is 0 Å². The van der Waals surface area contributed by atoms with Gasteiger partial charge < -0.3 is 9.67 Å². The van der Waals surface area contributed by atoms with Crippen molar-refractivity contribution in [1.29, 1.82) is 0 Å². The molecule has 1 N–H and O–H groups in total. The van der Waals surface area contributed by atoms with Crippen LogP contribution in [0.5, 0.6) is 5.75 Å². The fraction of sp³-hybridized carbons (Fsp3) is 0.562. The van der Waals surface area contributed by atoms with E-state index in [-0.39, 0.29) is 5.75 Å². The average molecular weight is 299 g/mol. The lowest BCUT2D eigenvalue weighted by molar-refractivity contribution is 0.190. The summed E-state index contributed by atoms with van der Waals surface area (Å²) in [6.07, 6.45) is 6.31. The molecule has 2 aliphatic rings. The summed E-state index contributed by atoms with van der Waals surface area (Å²) in [4.78, 5) is 6.66. The van der Waals surface area contributed by atoms with Crippen molar-refractivity contribution in [3.63, 3.8) is 0 Å². The van der Waals surface area contributed by atoms with E-state index in [1.54, 1.807) is 18.3 Å². The molecule has 1 unspecified atom stereocenters. The van der Waals surface area contributed by atoms with Gasteiger partial charge in [-0.2, -0.15) is 0 Å². The second-order valence-corrected chi connectivity index (χ2v) is 6.27. The van der Waals surface area contributed by atoms with Gasteiger partial charge in [0.25, 0.3) is 0 Å². The molecule has 1 fully saturated rings. The maximum absolute atomic E-state index is 9.90. The van der Waals surface area contributed by atoms with Crippen LogP contribution in [0.25, 0.3) is 0 Å². The molecule has 6 nitrogen and oxygen atoms in total. The van der Waals surface area contributed by atoms with Crippen LogP contribution in [0.15, 0.2) is 18.3 Å². The zero-order chi connectivity index (χ0) is 14.9. The largest absolute Gasteiger partial charge is 0.506 e. The predicted octanol–water partition coefficient (Wildman–Crippen LogP) is 1.70. The smallest absolute Gasteiger partial charge is 0.138 e. The first kappa shape index (κ1) is 13.7. The third-order valence-corrected chi connectivity index (χ3v) is 4.75. The lowest BCUT2D eigenvalue weighted by Crippen LogP contribution is -2.35. The summed E-state index contributed by atoms with van der Waals surface area (Å²) in [6.45, 7) is 3.78. The number of aromatic hydroxyl groups is 1. The number of pyridine rings is 1. The summed E-state index contributed by atoms with van der Waals surface area (Å²) in [5.41, 5.74) is 0.759. The van der Waals surface area contributed by atoms with E-state index in [9.17, 15) is 5.11 Å². The molecule has 0 radical (unpaired) electrons. The number of rotatable bonds is 3. The Morgan fingerprint density at radius 3 is 3.09 bits per heavy atom. The van der Waals surface area contributed by atoms with Gasteiger partial charge in [0.05, 0.1) is 5.69 Å². The van der Waals surface area contributed by atoms with E-state index in [1.807, 2.05) is 0 Å². The Morgan fingerprint density at radius 1 is 1.23 bits per heavy atom. The van der Waals surface area contributed by atoms with Gasteiger partial charge in [-0.3, -0.25) is 9.88 Å². The summed E-state index contributed by atoms with van der Waals surface area (Å²) < 4.78 is 2.31. The quantitative estimate of drug-likeness (QED) is 0.934. The first-order valence-electron chi connectivity index (χ1n) is 8.08. The number of aryl methyl sites for hydroxylation is 1. The summed E-state index contributed by atoms with van der Waals surface area (Å²) in [7, 11) is 0. The van der Waals surface area contributed by atoms with Crippen molar-refractivity contribution in [2.75, 3.05) is 13.1 Å². The molecule has 2 aliphatic heterocycles. The summed E-state index contributed by atoms with van der Waals surface area (Å²) in [6, 6.07) is 3.46. The summed E-state index contributed by atoms with van der Waals surface area (Å²) in [5.74, 6) is 3.03. The Morgan fingerprint density at radius 2 is 2.18 bits per heavy atom. The highest BCUT2D eigenvalue weighted by Crippen LogP contribution is 2.29. The Kier molecular flexibility index (Phi) is 3.54. The van der Waals surface area contributed by atoms with Crippen LogP contribution in [0.4, 0.5) is 0 Å². The molecule has 4 heterocycles. The van der Waals surface area contributed by atoms with Crippen LogP contribution in [0.1, 0.15) is 42.5 Å². The Bertz CT molecular complexity index is 668. The van der Waals surface area contributed by atoms with E-state index in [4.69, 9.17) is 0 Å². The van der Waals surface area contributed by atoms with E-state index < -0.39 is 0 Å². The highest BCUT2D eigenvalue weighted by Gasteiger charge is 2.28. The number of aromatic nitrogens is 4. The molecule has 2 aromatic heterocycles. The van der Waals surface area contributed by atoms with Crippen molar-refractivity contribution in [1.82, 2.24) is 24.6 Å². The molecule has 0 aliphatic carbocycles. The van der Waals surface area contributed by atoms with Crippen molar-refractivity contribution in [3.05, 3.63) is 35.7 Å². The van der Waals surface area contributed by atoms with Gasteiger partial charge in [-0.05, 0) is 37.9 Å². The fourth-order valence-electron chi connectivity index (χ4n) is 3.65. The van der Waals surface area contributed by atoms with E-state index in [0.717, 1.165) is 49.8 Å². The normalized spacial score (nSPS) is 21.9. The van der Waals surface area contributed by atoms with Gasteiger partial charge in [0.15, 0.2) is 0 Å². The second kappa shape index (κ2) is 5.68. The molecule has 1 atom stereocenters. The van der Waals surface area contributed by atoms with E-state index >= 15 is 0 Å². The topological polar surface area (TPSA) is 67.1 Å². The van der Waals surface area contributed by atoms with Crippen molar-refractivity contribution in [2.24, 2.45) is 0 Å². The standard InChI is InChI=1S/C16H21N5O/c22-14-5-1-7-17-13(14)11-20-8-2-4-12(10-20)16-19-18-15-6-3-9-21(15)16/h1,5,7,12,22H,2-4,6,8-11H2. The highest BCUT2D eigenvalue weighted by molar-refractivity contribution is 5.24. The monoisotopic (exact) mass is 299 g/mol. The van der Waals surface area contributed by atoms with Crippen LogP contribution in [-0.4, -0.2) is 42.8 Å². The number of hydrogen-bond acceptors (Lipinski definition) is 5. The molecule has 0 aromatic carbocycles. The first-order valence-corrected chi connectivity index (χ1v) is 8.08. The van der Waals surface area contributed by atoms with Gasteiger partial charge >= 0.3 is 0 Å². The van der Waals surface area contributed by atoms with Gasteiger partial charge in [0.1, 0.15) is 17.4 Å². The van der Waals surface area contributed by atoms with Crippen LogP contribution >= 0.6 is 0 Å². The third kappa shape index (κ3) is 2.47. The Labute approximate surface area is 129 Å².